The molecule has 0 amide bonds. The Balaban J connectivity index is 0.00000294. The number of hydrogen-bond acceptors (Lipinski definition) is 6. The standard InChI is InChI=1S/C30H30N2O5.CH4/c1-35-28-13-21-11-12-31-16-27-24(22-5-3-4-6-25(22)32(27)18-33)14-26(31)23(21)15-29(28)37-17-19-7-9-20(10-8-19)30(34)36-2;/h3-10,13,15,26,33H,11-12,14,16-18H2,1-2H3;1H4. The Morgan fingerprint density at radius 2 is 1.84 bits per heavy atom. The van der Waals surface area contributed by atoms with Crippen LogP contribution in [0.25, 0.3) is 10.9 Å². The molecule has 0 radical (unpaired) electrons. The third-order valence-electron chi connectivity index (χ3n) is 7.75. The number of benzene rings is 3. The minimum Gasteiger partial charge on any atom is -0.493 e. The molecule has 0 saturated heterocycles. The van der Waals surface area contributed by atoms with Crippen molar-refractivity contribution in [2.75, 3.05) is 20.8 Å². The van der Waals surface area contributed by atoms with Gasteiger partial charge in [-0.3, -0.25) is 4.90 Å². The first-order valence-corrected chi connectivity index (χ1v) is 12.6. The van der Waals surface area contributed by atoms with Crippen LogP contribution in [0.15, 0.2) is 60.7 Å². The van der Waals surface area contributed by atoms with Gasteiger partial charge in [0, 0.05) is 30.2 Å². The number of aliphatic hydroxyl groups is 1. The Bertz CT molecular complexity index is 1470. The summed E-state index contributed by atoms with van der Waals surface area (Å²) in [5, 5.41) is 11.3. The average molecular weight is 515 g/mol. The summed E-state index contributed by atoms with van der Waals surface area (Å²) in [7, 11) is 3.05. The summed E-state index contributed by atoms with van der Waals surface area (Å²) < 4.78 is 18.8. The highest BCUT2D eigenvalue weighted by molar-refractivity contribution is 5.89. The first-order chi connectivity index (χ1) is 18.1. The van der Waals surface area contributed by atoms with Gasteiger partial charge >= 0.3 is 5.97 Å². The number of carbonyl (C=O) groups is 1. The van der Waals surface area contributed by atoms with Crippen LogP contribution in [-0.2, 0) is 37.5 Å². The second-order valence-corrected chi connectivity index (χ2v) is 9.63. The van der Waals surface area contributed by atoms with Crippen LogP contribution < -0.4 is 9.47 Å². The van der Waals surface area contributed by atoms with E-state index in [0.29, 0.717) is 17.9 Å². The maximum Gasteiger partial charge on any atom is 0.337 e. The largest absolute Gasteiger partial charge is 0.493 e. The molecular weight excluding hydrogens is 480 g/mol. The van der Waals surface area contributed by atoms with Gasteiger partial charge in [-0.15, -0.1) is 0 Å². The van der Waals surface area contributed by atoms with Gasteiger partial charge in [-0.2, -0.15) is 0 Å². The zero-order valence-electron chi connectivity index (χ0n) is 21.1. The molecule has 2 aliphatic rings. The molecule has 7 heteroatoms. The molecule has 1 N–H and O–H groups in total. The summed E-state index contributed by atoms with van der Waals surface area (Å²) in [5.74, 6) is 1.08. The Morgan fingerprint density at radius 3 is 2.58 bits per heavy atom. The Kier molecular flexibility index (Phi) is 7.15. The van der Waals surface area contributed by atoms with Crippen molar-refractivity contribution in [1.82, 2.24) is 9.47 Å². The van der Waals surface area contributed by atoms with E-state index in [2.05, 4.69) is 35.2 Å². The molecule has 0 aliphatic carbocycles. The lowest BCUT2D eigenvalue weighted by atomic mass is 9.85. The topological polar surface area (TPSA) is 73.2 Å². The number of esters is 1. The van der Waals surface area contributed by atoms with E-state index in [-0.39, 0.29) is 26.2 Å². The fourth-order valence-electron chi connectivity index (χ4n) is 5.86. The molecule has 2 aliphatic heterocycles. The molecule has 38 heavy (non-hydrogen) atoms. The Morgan fingerprint density at radius 1 is 1.05 bits per heavy atom. The molecule has 198 valence electrons. The summed E-state index contributed by atoms with van der Waals surface area (Å²) >= 11 is 0. The first-order valence-electron chi connectivity index (χ1n) is 12.6. The number of carbonyl (C=O) groups excluding carboxylic acids is 1. The predicted octanol–water partition coefficient (Wildman–Crippen LogP) is 5.26. The number of hydrogen-bond donors (Lipinski definition) is 1. The number of rotatable bonds is 6. The van der Waals surface area contributed by atoms with Crippen molar-refractivity contribution < 1.29 is 24.1 Å². The number of nitrogens with zero attached hydrogens (tertiary/aromatic N) is 2. The lowest BCUT2D eigenvalue weighted by Crippen LogP contribution is -2.39. The lowest BCUT2D eigenvalue weighted by molar-refractivity contribution is 0.0600. The molecular formula is C31H34N2O5. The molecule has 0 fully saturated rings. The highest BCUT2D eigenvalue weighted by Crippen LogP contribution is 2.44. The smallest absolute Gasteiger partial charge is 0.337 e. The number of methoxy groups -OCH3 is 2. The van der Waals surface area contributed by atoms with Gasteiger partial charge in [-0.25, -0.2) is 4.79 Å². The van der Waals surface area contributed by atoms with Crippen LogP contribution in [0.5, 0.6) is 11.5 Å². The molecule has 0 bridgehead atoms. The van der Waals surface area contributed by atoms with Crippen molar-refractivity contribution >= 4 is 16.9 Å². The molecule has 0 spiro atoms. The van der Waals surface area contributed by atoms with E-state index in [0.717, 1.165) is 42.8 Å². The molecule has 1 unspecified atom stereocenters. The van der Waals surface area contributed by atoms with Crippen molar-refractivity contribution in [3.63, 3.8) is 0 Å². The van der Waals surface area contributed by atoms with Gasteiger partial charge in [0.15, 0.2) is 11.5 Å². The van der Waals surface area contributed by atoms with Crippen molar-refractivity contribution in [2.24, 2.45) is 0 Å². The first kappa shape index (κ1) is 25.8. The number of ether oxygens (including phenoxy) is 3. The Hall–Kier alpha value is -3.81. The molecule has 1 aromatic heterocycles. The molecule has 0 saturated carbocycles. The minimum absolute atomic E-state index is 0. The molecule has 7 nitrogen and oxygen atoms in total. The van der Waals surface area contributed by atoms with Crippen LogP contribution in [-0.4, -0.2) is 41.3 Å². The van der Waals surface area contributed by atoms with Crippen LogP contribution in [0.2, 0.25) is 0 Å². The fourth-order valence-corrected chi connectivity index (χ4v) is 5.86. The summed E-state index contributed by atoms with van der Waals surface area (Å²) in [5.41, 5.74) is 7.65. The number of fused-ring (bicyclic) bond motifs is 6. The van der Waals surface area contributed by atoms with E-state index in [9.17, 15) is 9.90 Å². The van der Waals surface area contributed by atoms with Crippen molar-refractivity contribution in [1.29, 1.82) is 0 Å². The van der Waals surface area contributed by atoms with Gasteiger partial charge in [-0.1, -0.05) is 37.8 Å². The third-order valence-corrected chi connectivity index (χ3v) is 7.75. The van der Waals surface area contributed by atoms with Crippen LogP contribution in [0, 0.1) is 0 Å². The maximum absolute atomic E-state index is 11.7. The van der Waals surface area contributed by atoms with Crippen LogP contribution in [0.3, 0.4) is 0 Å². The van der Waals surface area contributed by atoms with E-state index in [4.69, 9.17) is 14.2 Å². The highest BCUT2D eigenvalue weighted by atomic mass is 16.5. The summed E-state index contributed by atoms with van der Waals surface area (Å²) in [6.45, 7) is 2.11. The van der Waals surface area contributed by atoms with Crippen molar-refractivity contribution in [3.05, 3.63) is 94.2 Å². The number of aliphatic hydroxyl groups excluding tert-OH is 1. The second-order valence-electron chi connectivity index (χ2n) is 9.63. The summed E-state index contributed by atoms with van der Waals surface area (Å²) in [6.07, 6.45) is 1.82. The summed E-state index contributed by atoms with van der Waals surface area (Å²) in [6, 6.07) is 20.1. The Labute approximate surface area is 223 Å². The van der Waals surface area contributed by atoms with Gasteiger partial charge in [0.05, 0.1) is 25.3 Å². The number of aromatic nitrogens is 1. The van der Waals surface area contributed by atoms with E-state index < -0.39 is 0 Å². The normalized spacial score (nSPS) is 16.1. The predicted molar refractivity (Wildman–Crippen MR) is 147 cm³/mol. The molecule has 3 aromatic carbocycles. The summed E-state index contributed by atoms with van der Waals surface area (Å²) in [4.78, 5) is 14.2. The van der Waals surface area contributed by atoms with Crippen molar-refractivity contribution in [3.8, 4) is 11.5 Å². The third kappa shape index (κ3) is 4.31. The zero-order valence-corrected chi connectivity index (χ0v) is 21.1. The quantitative estimate of drug-likeness (QED) is 0.354. The molecule has 4 aromatic rings. The van der Waals surface area contributed by atoms with E-state index in [1.54, 1.807) is 19.2 Å². The SMILES string of the molecule is C.COC(=O)c1ccc(COc2cc3c(cc2OC)CCN2Cc4c(c5ccccc5n4CO)CC32)cc1. The average Bonchev–Trinajstić information content (AvgIpc) is 3.26. The monoisotopic (exact) mass is 514 g/mol. The second kappa shape index (κ2) is 10.5. The van der Waals surface area contributed by atoms with Gasteiger partial charge in [0.25, 0.3) is 0 Å². The lowest BCUT2D eigenvalue weighted by Gasteiger charge is -2.41. The van der Waals surface area contributed by atoms with Gasteiger partial charge in [0.1, 0.15) is 13.3 Å². The fraction of sp³-hybridized carbons (Fsp3) is 0.323. The van der Waals surface area contributed by atoms with Crippen LogP contribution >= 0.6 is 0 Å². The van der Waals surface area contributed by atoms with Crippen LogP contribution in [0.1, 0.15) is 51.8 Å². The van der Waals surface area contributed by atoms with Crippen LogP contribution in [0.4, 0.5) is 0 Å². The molecule has 6 rings (SSSR count). The highest BCUT2D eigenvalue weighted by Gasteiger charge is 2.35. The molecule has 1 atom stereocenters. The van der Waals surface area contributed by atoms with Gasteiger partial charge in [-0.05, 0) is 65.4 Å². The van der Waals surface area contributed by atoms with Gasteiger partial charge < -0.3 is 23.9 Å². The van der Waals surface area contributed by atoms with E-state index in [1.807, 2.05) is 22.8 Å². The molecule has 3 heterocycles. The van der Waals surface area contributed by atoms with E-state index in [1.165, 1.54) is 34.9 Å². The maximum atomic E-state index is 11.7. The number of para-hydroxylation sites is 1. The van der Waals surface area contributed by atoms with E-state index >= 15 is 0 Å². The van der Waals surface area contributed by atoms with Gasteiger partial charge in [0.2, 0.25) is 0 Å². The zero-order chi connectivity index (χ0) is 25.5. The van der Waals surface area contributed by atoms with Crippen molar-refractivity contribution in [2.45, 2.75) is 46.2 Å². The minimum atomic E-state index is -0.355.